The van der Waals surface area contributed by atoms with E-state index in [1.54, 1.807) is 0 Å². The van der Waals surface area contributed by atoms with Gasteiger partial charge < -0.3 is 4.74 Å². The molecule has 2 atom stereocenters. The molecule has 1 heterocycles. The second-order valence-electron chi connectivity index (χ2n) is 5.93. The summed E-state index contributed by atoms with van der Waals surface area (Å²) in [6.07, 6.45) is -0.301. The van der Waals surface area contributed by atoms with Crippen molar-refractivity contribution in [2.45, 2.75) is 25.3 Å². The third-order valence-electron chi connectivity index (χ3n) is 4.22. The first kappa shape index (κ1) is 16.7. The van der Waals surface area contributed by atoms with Crippen LogP contribution in [0.5, 0.6) is 0 Å². The Morgan fingerprint density at radius 2 is 2.00 bits per heavy atom. The third-order valence-corrected chi connectivity index (χ3v) is 4.72. The summed E-state index contributed by atoms with van der Waals surface area (Å²) in [6.45, 7) is 2.19. The van der Waals surface area contributed by atoms with Crippen LogP contribution in [0.2, 0.25) is 0 Å². The lowest BCUT2D eigenvalue weighted by Crippen LogP contribution is -2.34. The second-order valence-corrected chi connectivity index (χ2v) is 6.84. The molecule has 0 radical (unpaired) electrons. The highest BCUT2D eigenvalue weighted by atomic mass is 79.9. The number of hydrogen-bond donors (Lipinski definition) is 0. The molecule has 1 aliphatic heterocycles. The van der Waals surface area contributed by atoms with E-state index in [2.05, 4.69) is 15.9 Å². The number of imide groups is 1. The van der Waals surface area contributed by atoms with E-state index in [4.69, 9.17) is 4.74 Å². The van der Waals surface area contributed by atoms with Crippen LogP contribution in [0, 0.1) is 0 Å². The van der Waals surface area contributed by atoms with Gasteiger partial charge in [-0.25, -0.2) is 9.69 Å². The Morgan fingerprint density at radius 3 is 2.71 bits per heavy atom. The summed E-state index contributed by atoms with van der Waals surface area (Å²) in [6, 6.07) is 17.0. The molecule has 0 spiro atoms. The van der Waals surface area contributed by atoms with Crippen molar-refractivity contribution in [2.75, 3.05) is 6.61 Å². The van der Waals surface area contributed by atoms with Crippen molar-refractivity contribution >= 4 is 27.9 Å². The summed E-state index contributed by atoms with van der Waals surface area (Å²) in [5.41, 5.74) is 1.97. The standard InChI is InChI=1S/C19H18BrNO3/c1-13(15-8-5-9-16(20)11-15)10-18(22)21-17(12-24-19(21)23)14-6-3-2-4-7-14/h2-9,11,13,17H,10,12H2,1H3/t13?,17-/m0/s1. The first-order valence-corrected chi connectivity index (χ1v) is 8.65. The van der Waals surface area contributed by atoms with Crippen LogP contribution in [0.3, 0.4) is 0 Å². The molecule has 1 aliphatic rings. The number of ether oxygens (including phenoxy) is 1. The number of cyclic esters (lactones) is 1. The zero-order chi connectivity index (χ0) is 17.1. The molecule has 2 amide bonds. The Morgan fingerprint density at radius 1 is 1.25 bits per heavy atom. The summed E-state index contributed by atoms with van der Waals surface area (Å²) in [7, 11) is 0. The van der Waals surface area contributed by atoms with E-state index in [-0.39, 0.29) is 30.9 Å². The lowest BCUT2D eigenvalue weighted by atomic mass is 9.96. The highest BCUT2D eigenvalue weighted by Crippen LogP contribution is 2.30. The summed E-state index contributed by atoms with van der Waals surface area (Å²) in [5.74, 6) is -0.196. The maximum atomic E-state index is 12.7. The molecule has 4 nitrogen and oxygen atoms in total. The molecule has 2 aromatic rings. The van der Waals surface area contributed by atoms with Crippen molar-refractivity contribution in [3.63, 3.8) is 0 Å². The summed E-state index contributed by atoms with van der Waals surface area (Å²) in [5, 5.41) is 0. The summed E-state index contributed by atoms with van der Waals surface area (Å²) in [4.78, 5) is 26.0. The minimum Gasteiger partial charge on any atom is -0.446 e. The predicted octanol–water partition coefficient (Wildman–Crippen LogP) is 4.66. The highest BCUT2D eigenvalue weighted by Gasteiger charge is 2.39. The van der Waals surface area contributed by atoms with E-state index in [1.165, 1.54) is 4.90 Å². The van der Waals surface area contributed by atoms with Crippen LogP contribution in [0.25, 0.3) is 0 Å². The molecule has 1 fully saturated rings. The first-order chi connectivity index (χ1) is 11.6. The number of rotatable bonds is 4. The average molecular weight is 388 g/mol. The molecule has 5 heteroatoms. The molecule has 0 N–H and O–H groups in total. The highest BCUT2D eigenvalue weighted by molar-refractivity contribution is 9.10. The number of carbonyl (C=O) groups excluding carboxylic acids is 2. The van der Waals surface area contributed by atoms with Crippen LogP contribution in [0.15, 0.2) is 59.1 Å². The number of benzene rings is 2. The van der Waals surface area contributed by atoms with Gasteiger partial charge in [0.25, 0.3) is 0 Å². The SMILES string of the molecule is CC(CC(=O)N1C(=O)OC[C@H]1c1ccccc1)c1cccc(Br)c1. The maximum absolute atomic E-state index is 12.7. The van der Waals surface area contributed by atoms with E-state index >= 15 is 0 Å². The normalized spacial score (nSPS) is 18.3. The van der Waals surface area contributed by atoms with Crippen LogP contribution in [-0.4, -0.2) is 23.5 Å². The van der Waals surface area contributed by atoms with Gasteiger partial charge in [0.1, 0.15) is 12.6 Å². The molecule has 1 saturated heterocycles. The van der Waals surface area contributed by atoms with Gasteiger partial charge in [0, 0.05) is 10.9 Å². The molecule has 3 rings (SSSR count). The topological polar surface area (TPSA) is 46.6 Å². The molecule has 2 aromatic carbocycles. The first-order valence-electron chi connectivity index (χ1n) is 7.85. The fraction of sp³-hybridized carbons (Fsp3) is 0.263. The number of hydrogen-bond acceptors (Lipinski definition) is 3. The van der Waals surface area contributed by atoms with Crippen molar-refractivity contribution in [3.05, 3.63) is 70.2 Å². The lowest BCUT2D eigenvalue weighted by Gasteiger charge is -2.22. The van der Waals surface area contributed by atoms with Gasteiger partial charge in [0.15, 0.2) is 0 Å². The second kappa shape index (κ2) is 7.18. The van der Waals surface area contributed by atoms with Gasteiger partial charge in [-0.15, -0.1) is 0 Å². The Labute approximate surface area is 149 Å². The van der Waals surface area contributed by atoms with Crippen molar-refractivity contribution in [3.8, 4) is 0 Å². The minimum absolute atomic E-state index is 0.0137. The largest absolute Gasteiger partial charge is 0.446 e. The summed E-state index contributed by atoms with van der Waals surface area (Å²) >= 11 is 3.44. The number of amides is 2. The van der Waals surface area contributed by atoms with Gasteiger partial charge >= 0.3 is 6.09 Å². The van der Waals surface area contributed by atoms with Crippen molar-refractivity contribution < 1.29 is 14.3 Å². The number of carbonyl (C=O) groups is 2. The van der Waals surface area contributed by atoms with Gasteiger partial charge in [-0.2, -0.15) is 0 Å². The Balaban J connectivity index is 1.76. The van der Waals surface area contributed by atoms with E-state index < -0.39 is 6.09 Å². The van der Waals surface area contributed by atoms with Gasteiger partial charge in [0.05, 0.1) is 0 Å². The molecule has 0 bridgehead atoms. The number of nitrogens with zero attached hydrogens (tertiary/aromatic N) is 1. The van der Waals surface area contributed by atoms with Crippen LogP contribution < -0.4 is 0 Å². The maximum Gasteiger partial charge on any atom is 0.417 e. The van der Waals surface area contributed by atoms with Crippen molar-refractivity contribution in [2.24, 2.45) is 0 Å². The van der Waals surface area contributed by atoms with E-state index in [1.807, 2.05) is 61.5 Å². The molecule has 0 aliphatic carbocycles. The van der Waals surface area contributed by atoms with E-state index in [0.717, 1.165) is 15.6 Å². The van der Waals surface area contributed by atoms with Crippen molar-refractivity contribution in [1.29, 1.82) is 0 Å². The van der Waals surface area contributed by atoms with E-state index in [9.17, 15) is 9.59 Å². The van der Waals surface area contributed by atoms with Crippen LogP contribution in [0.4, 0.5) is 4.79 Å². The van der Waals surface area contributed by atoms with E-state index in [0.29, 0.717) is 0 Å². The molecule has 24 heavy (non-hydrogen) atoms. The molecule has 0 aromatic heterocycles. The summed E-state index contributed by atoms with van der Waals surface area (Å²) < 4.78 is 6.09. The average Bonchev–Trinajstić information content (AvgIpc) is 2.97. The van der Waals surface area contributed by atoms with Gasteiger partial charge in [-0.1, -0.05) is 65.3 Å². The molecule has 124 valence electrons. The molecule has 1 unspecified atom stereocenters. The van der Waals surface area contributed by atoms with Gasteiger partial charge in [-0.3, -0.25) is 4.79 Å². The Hall–Kier alpha value is -2.14. The zero-order valence-corrected chi connectivity index (χ0v) is 14.9. The smallest absolute Gasteiger partial charge is 0.417 e. The van der Waals surface area contributed by atoms with Crippen LogP contribution in [0.1, 0.15) is 36.4 Å². The van der Waals surface area contributed by atoms with Crippen LogP contribution in [-0.2, 0) is 9.53 Å². The third kappa shape index (κ3) is 3.51. The van der Waals surface area contributed by atoms with Gasteiger partial charge in [0.2, 0.25) is 5.91 Å². The quantitative estimate of drug-likeness (QED) is 0.765. The zero-order valence-electron chi connectivity index (χ0n) is 13.3. The van der Waals surface area contributed by atoms with Gasteiger partial charge in [-0.05, 0) is 29.2 Å². The van der Waals surface area contributed by atoms with Crippen LogP contribution >= 0.6 is 15.9 Å². The number of halogens is 1. The predicted molar refractivity (Wildman–Crippen MR) is 94.6 cm³/mol. The lowest BCUT2D eigenvalue weighted by molar-refractivity contribution is -0.129. The minimum atomic E-state index is -0.560. The molecular formula is C19H18BrNO3. The molecular weight excluding hydrogens is 370 g/mol. The van der Waals surface area contributed by atoms with Crippen molar-refractivity contribution in [1.82, 2.24) is 4.90 Å². The Kier molecular flexibility index (Phi) is 5.00. The fourth-order valence-electron chi connectivity index (χ4n) is 2.91. The molecule has 0 saturated carbocycles. The monoisotopic (exact) mass is 387 g/mol. The Bertz CT molecular complexity index is 747. The fourth-order valence-corrected chi connectivity index (χ4v) is 3.33.